The fourth-order valence-electron chi connectivity index (χ4n) is 2.09. The SMILES string of the molecule is Cc1cccc(CC(CO)CCCOCC(F)(F)F)c1. The second-order valence-electron chi connectivity index (χ2n) is 5.05. The smallest absolute Gasteiger partial charge is 0.396 e. The number of rotatable bonds is 8. The molecular weight excluding hydrogens is 269 g/mol. The van der Waals surface area contributed by atoms with Crippen LogP contribution in [0.15, 0.2) is 24.3 Å². The van der Waals surface area contributed by atoms with E-state index in [1.165, 1.54) is 0 Å². The number of hydrogen-bond donors (Lipinski definition) is 1. The minimum absolute atomic E-state index is 0.0349. The third kappa shape index (κ3) is 7.50. The predicted molar refractivity (Wildman–Crippen MR) is 71.6 cm³/mol. The number of aliphatic hydroxyl groups is 1. The molecule has 0 saturated heterocycles. The Morgan fingerprint density at radius 1 is 1.30 bits per heavy atom. The Bertz CT molecular complexity index is 391. The van der Waals surface area contributed by atoms with Gasteiger partial charge in [0.25, 0.3) is 0 Å². The molecule has 5 heteroatoms. The maximum atomic E-state index is 11.9. The van der Waals surface area contributed by atoms with Crippen LogP contribution < -0.4 is 0 Å². The van der Waals surface area contributed by atoms with Crippen LogP contribution in [-0.4, -0.2) is 31.1 Å². The zero-order valence-corrected chi connectivity index (χ0v) is 11.6. The topological polar surface area (TPSA) is 29.5 Å². The third-order valence-corrected chi connectivity index (χ3v) is 3.03. The van der Waals surface area contributed by atoms with E-state index < -0.39 is 12.8 Å². The Hall–Kier alpha value is -1.07. The third-order valence-electron chi connectivity index (χ3n) is 3.03. The van der Waals surface area contributed by atoms with Crippen molar-refractivity contribution in [2.24, 2.45) is 5.92 Å². The van der Waals surface area contributed by atoms with Crippen molar-refractivity contribution in [1.82, 2.24) is 0 Å². The van der Waals surface area contributed by atoms with Crippen LogP contribution in [-0.2, 0) is 11.2 Å². The Labute approximate surface area is 117 Å². The molecule has 20 heavy (non-hydrogen) atoms. The van der Waals surface area contributed by atoms with Crippen LogP contribution in [0, 0.1) is 12.8 Å². The molecule has 0 saturated carbocycles. The van der Waals surface area contributed by atoms with Gasteiger partial charge in [-0.15, -0.1) is 0 Å². The zero-order valence-electron chi connectivity index (χ0n) is 11.6. The molecular formula is C15H21F3O2. The Kier molecular flexibility index (Phi) is 7.02. The average Bonchev–Trinajstić information content (AvgIpc) is 2.35. The molecule has 0 bridgehead atoms. The molecule has 114 valence electrons. The van der Waals surface area contributed by atoms with Crippen LogP contribution in [0.5, 0.6) is 0 Å². The molecule has 0 aliphatic rings. The summed E-state index contributed by atoms with van der Waals surface area (Å²) >= 11 is 0. The van der Waals surface area contributed by atoms with Gasteiger partial charge in [0.2, 0.25) is 0 Å². The number of benzene rings is 1. The van der Waals surface area contributed by atoms with Crippen molar-refractivity contribution >= 4 is 0 Å². The van der Waals surface area contributed by atoms with E-state index in [-0.39, 0.29) is 19.1 Å². The van der Waals surface area contributed by atoms with Crippen molar-refractivity contribution < 1.29 is 23.0 Å². The molecule has 1 N–H and O–H groups in total. The van der Waals surface area contributed by atoms with E-state index in [1.807, 2.05) is 25.1 Å². The summed E-state index contributed by atoms with van der Waals surface area (Å²) < 4.78 is 40.2. The summed E-state index contributed by atoms with van der Waals surface area (Å²) in [5.41, 5.74) is 2.30. The van der Waals surface area contributed by atoms with Crippen molar-refractivity contribution in [3.63, 3.8) is 0 Å². The normalized spacial score (nSPS) is 13.4. The molecule has 1 atom stereocenters. The molecule has 1 rings (SSSR count). The number of alkyl halides is 3. The molecule has 0 spiro atoms. The highest BCUT2D eigenvalue weighted by Crippen LogP contribution is 2.17. The molecule has 2 nitrogen and oxygen atoms in total. The summed E-state index contributed by atoms with van der Waals surface area (Å²) in [6.07, 6.45) is -2.36. The fourth-order valence-corrected chi connectivity index (χ4v) is 2.09. The van der Waals surface area contributed by atoms with Gasteiger partial charge in [-0.25, -0.2) is 0 Å². The summed E-state index contributed by atoms with van der Waals surface area (Å²) in [6, 6.07) is 8.02. The second kappa shape index (κ2) is 8.27. The summed E-state index contributed by atoms with van der Waals surface area (Å²) in [5, 5.41) is 9.32. The first kappa shape index (κ1) is 17.0. The maximum Gasteiger partial charge on any atom is 0.411 e. The zero-order chi connectivity index (χ0) is 15.0. The molecule has 1 unspecified atom stereocenters. The lowest BCUT2D eigenvalue weighted by atomic mass is 9.95. The number of aryl methyl sites for hydroxylation is 1. The standard InChI is InChI=1S/C15H21F3O2/c1-12-4-2-5-13(8-12)9-14(10-19)6-3-7-20-11-15(16,17)18/h2,4-5,8,14,19H,3,6-7,9-11H2,1H3. The molecule has 0 fully saturated rings. The van der Waals surface area contributed by atoms with Crippen molar-refractivity contribution in [3.8, 4) is 0 Å². The number of hydrogen-bond acceptors (Lipinski definition) is 2. The lowest BCUT2D eigenvalue weighted by Gasteiger charge is -2.15. The van der Waals surface area contributed by atoms with Gasteiger partial charge in [-0.1, -0.05) is 29.8 Å². The van der Waals surface area contributed by atoms with E-state index in [1.54, 1.807) is 0 Å². The summed E-state index contributed by atoms with van der Waals surface area (Å²) in [6.45, 7) is 0.911. The van der Waals surface area contributed by atoms with E-state index in [0.717, 1.165) is 17.5 Å². The van der Waals surface area contributed by atoms with Gasteiger partial charge < -0.3 is 9.84 Å². The van der Waals surface area contributed by atoms with Gasteiger partial charge in [0.15, 0.2) is 0 Å². The van der Waals surface area contributed by atoms with Crippen LogP contribution in [0.3, 0.4) is 0 Å². The molecule has 0 aromatic heterocycles. The lowest BCUT2D eigenvalue weighted by molar-refractivity contribution is -0.174. The fraction of sp³-hybridized carbons (Fsp3) is 0.600. The second-order valence-corrected chi connectivity index (χ2v) is 5.05. The minimum atomic E-state index is -4.27. The van der Waals surface area contributed by atoms with Gasteiger partial charge >= 0.3 is 6.18 Å². The van der Waals surface area contributed by atoms with Crippen LogP contribution in [0.4, 0.5) is 13.2 Å². The molecule has 0 aliphatic heterocycles. The van der Waals surface area contributed by atoms with Gasteiger partial charge in [0, 0.05) is 13.2 Å². The molecule has 0 aliphatic carbocycles. The number of aliphatic hydroxyl groups excluding tert-OH is 1. The van der Waals surface area contributed by atoms with Crippen LogP contribution in [0.25, 0.3) is 0 Å². The maximum absolute atomic E-state index is 11.9. The highest BCUT2D eigenvalue weighted by Gasteiger charge is 2.27. The number of halogens is 3. The van der Waals surface area contributed by atoms with Crippen LogP contribution >= 0.6 is 0 Å². The Morgan fingerprint density at radius 2 is 2.05 bits per heavy atom. The minimum Gasteiger partial charge on any atom is -0.396 e. The van der Waals surface area contributed by atoms with Crippen molar-refractivity contribution in [2.75, 3.05) is 19.8 Å². The quantitative estimate of drug-likeness (QED) is 0.742. The number of ether oxygens (including phenoxy) is 1. The first-order chi connectivity index (χ1) is 9.40. The monoisotopic (exact) mass is 290 g/mol. The highest BCUT2D eigenvalue weighted by atomic mass is 19.4. The molecule has 0 amide bonds. The van der Waals surface area contributed by atoms with Crippen molar-refractivity contribution in [2.45, 2.75) is 32.4 Å². The van der Waals surface area contributed by atoms with Gasteiger partial charge in [-0.05, 0) is 37.7 Å². The largest absolute Gasteiger partial charge is 0.411 e. The van der Waals surface area contributed by atoms with E-state index >= 15 is 0 Å². The van der Waals surface area contributed by atoms with Crippen molar-refractivity contribution in [3.05, 3.63) is 35.4 Å². The summed E-state index contributed by atoms with van der Waals surface area (Å²) in [4.78, 5) is 0. The highest BCUT2D eigenvalue weighted by molar-refractivity contribution is 5.22. The van der Waals surface area contributed by atoms with Gasteiger partial charge in [0.1, 0.15) is 6.61 Å². The Morgan fingerprint density at radius 3 is 2.65 bits per heavy atom. The summed E-state index contributed by atoms with van der Waals surface area (Å²) in [7, 11) is 0. The van der Waals surface area contributed by atoms with E-state index in [2.05, 4.69) is 10.8 Å². The van der Waals surface area contributed by atoms with Gasteiger partial charge in [0.05, 0.1) is 0 Å². The summed E-state index contributed by atoms with van der Waals surface area (Å²) in [5.74, 6) is 0.0614. The molecule has 0 heterocycles. The van der Waals surface area contributed by atoms with Crippen molar-refractivity contribution in [1.29, 1.82) is 0 Å². The molecule has 1 aromatic rings. The van der Waals surface area contributed by atoms with E-state index in [9.17, 15) is 18.3 Å². The van der Waals surface area contributed by atoms with Crippen LogP contribution in [0.1, 0.15) is 24.0 Å². The van der Waals surface area contributed by atoms with E-state index in [4.69, 9.17) is 0 Å². The first-order valence-corrected chi connectivity index (χ1v) is 6.71. The first-order valence-electron chi connectivity index (χ1n) is 6.71. The van der Waals surface area contributed by atoms with Gasteiger partial charge in [-0.3, -0.25) is 0 Å². The van der Waals surface area contributed by atoms with E-state index in [0.29, 0.717) is 12.8 Å². The predicted octanol–water partition coefficient (Wildman–Crippen LogP) is 3.51. The Balaban J connectivity index is 2.26. The lowest BCUT2D eigenvalue weighted by Crippen LogP contribution is -2.18. The molecule has 0 radical (unpaired) electrons. The van der Waals surface area contributed by atoms with Gasteiger partial charge in [-0.2, -0.15) is 13.2 Å². The average molecular weight is 290 g/mol. The molecule has 1 aromatic carbocycles. The van der Waals surface area contributed by atoms with Crippen LogP contribution in [0.2, 0.25) is 0 Å².